The highest BCUT2D eigenvalue weighted by Crippen LogP contribution is 2.34. The first-order valence-electron chi connectivity index (χ1n) is 16.2. The zero-order valence-corrected chi connectivity index (χ0v) is 27.7. The molecule has 0 unspecified atom stereocenters. The summed E-state index contributed by atoms with van der Waals surface area (Å²) in [6, 6.07) is -4.23. The minimum atomic E-state index is -3.95. The monoisotopic (exact) mass is 731 g/mol. The Kier molecular flexibility index (Phi) is 15.0. The van der Waals surface area contributed by atoms with Crippen molar-refractivity contribution < 1.29 is 67.5 Å². The summed E-state index contributed by atoms with van der Waals surface area (Å²) in [7, 11) is -3.95. The Labute approximate surface area is 284 Å². The molecule has 2 saturated heterocycles. The maximum Gasteiger partial charge on any atom is 0.213 e. The summed E-state index contributed by atoms with van der Waals surface area (Å²) < 4.78 is 63.1. The minimum Gasteiger partial charge on any atom is -0.395 e. The lowest BCUT2D eigenvalue weighted by molar-refractivity contribution is -0.284. The fraction of sp³-hybridized carbons (Fsp3) is 0.926. The van der Waals surface area contributed by atoms with E-state index in [-0.39, 0.29) is 26.1 Å². The molecule has 286 valence electrons. The van der Waals surface area contributed by atoms with Crippen LogP contribution in [0.5, 0.6) is 0 Å². The van der Waals surface area contributed by atoms with Gasteiger partial charge in [-0.1, -0.05) is 12.2 Å². The Morgan fingerprint density at radius 2 is 1.47 bits per heavy atom. The van der Waals surface area contributed by atoms with Crippen molar-refractivity contribution in [2.45, 2.75) is 110 Å². The molecule has 21 nitrogen and oxygen atoms in total. The van der Waals surface area contributed by atoms with E-state index < -0.39 is 126 Å². The summed E-state index contributed by atoms with van der Waals surface area (Å²) in [5.41, 5.74) is 29.9. The summed E-state index contributed by atoms with van der Waals surface area (Å²) in [4.78, 5) is 0. The highest BCUT2D eigenvalue weighted by Gasteiger charge is 2.54. The normalized spacial score (nSPS) is 44.8. The molecule has 1 aliphatic carbocycles. The number of hydrogen-bond donors (Lipinski definition) is 13. The van der Waals surface area contributed by atoms with E-state index in [0.29, 0.717) is 13.1 Å². The molecule has 22 heteroatoms. The predicted octanol–water partition coefficient (Wildman–Crippen LogP) is -8.52. The van der Waals surface area contributed by atoms with Crippen LogP contribution in [0.3, 0.4) is 0 Å². The first-order chi connectivity index (χ1) is 23.2. The third kappa shape index (κ3) is 9.88. The number of nitrogens with one attached hydrogen (secondary N) is 2. The molecule has 4 aliphatic rings. The summed E-state index contributed by atoms with van der Waals surface area (Å²) in [5, 5.41) is 65.6. The van der Waals surface area contributed by atoms with Crippen molar-refractivity contribution in [3.05, 3.63) is 12.2 Å². The van der Waals surface area contributed by atoms with E-state index in [1.807, 2.05) is 0 Å². The van der Waals surface area contributed by atoms with E-state index in [9.17, 15) is 34.0 Å². The molecule has 49 heavy (non-hydrogen) atoms. The maximum atomic E-state index is 12.6. The number of aliphatic hydroxyl groups is 6. The highest BCUT2D eigenvalue weighted by atomic mass is 32.2. The third-order valence-corrected chi connectivity index (χ3v) is 10.3. The quantitative estimate of drug-likeness (QED) is 0.0517. The van der Waals surface area contributed by atoms with Crippen LogP contribution in [0.15, 0.2) is 12.2 Å². The molecule has 0 aromatic carbocycles. The fourth-order valence-electron chi connectivity index (χ4n) is 6.21. The van der Waals surface area contributed by atoms with Crippen molar-refractivity contribution in [2.75, 3.05) is 45.1 Å². The largest absolute Gasteiger partial charge is 0.395 e. The lowest BCUT2D eigenvalue weighted by atomic mass is 9.84. The van der Waals surface area contributed by atoms with Gasteiger partial charge in [-0.25, -0.2) is 13.1 Å². The van der Waals surface area contributed by atoms with Crippen molar-refractivity contribution in [3.63, 3.8) is 0 Å². The number of ether oxygens (including phenoxy) is 6. The number of hydrogen-bond acceptors (Lipinski definition) is 20. The SMILES string of the molecule is NCCS(=O)(=O)N[C@@H]1C[C@H](N)[C@@H](O[C@H]2O[C@H](CNCCO)C=C[C@H]2N)[C@H](O[C@@H]2O[C@H](CO)[C@@H](O[C@H]3O[C@@H](CN)[C@@H](O)[C@H](O)[C@H]3N)[C@H]2O)[C@H]1O. The molecule has 0 aromatic rings. The van der Waals surface area contributed by atoms with Gasteiger partial charge >= 0.3 is 0 Å². The molecule has 0 radical (unpaired) electrons. The summed E-state index contributed by atoms with van der Waals surface area (Å²) >= 11 is 0. The molecule has 3 aliphatic heterocycles. The standard InChI is InChI=1S/C27H53N7O14S/c28-3-6-49(41,42)34-14-7-13(31)22(46-25-12(30)2-1-11(43-25)9-33-4-5-35)24(18(14)37)48-27-21(40)23(16(10-36)45-27)47-26-17(32)20(39)19(38)15(8-29)44-26/h1-2,11-27,33-40H,3-10,28-32H2/t11-,12+,13-,14+,15-,16+,17+,18-,19+,20+,21+,22+,23+,24+,25+,26+,27-/m0/s1. The van der Waals surface area contributed by atoms with Crippen molar-refractivity contribution >= 4 is 10.0 Å². The van der Waals surface area contributed by atoms with E-state index in [2.05, 4.69) is 10.0 Å². The van der Waals surface area contributed by atoms with Crippen molar-refractivity contribution in [3.8, 4) is 0 Å². The second-order valence-electron chi connectivity index (χ2n) is 12.5. The summed E-state index contributed by atoms with van der Waals surface area (Å²) in [5.74, 6) is -0.427. The number of aliphatic hydroxyl groups excluding tert-OH is 6. The van der Waals surface area contributed by atoms with Crippen molar-refractivity contribution in [2.24, 2.45) is 28.7 Å². The fourth-order valence-corrected chi connectivity index (χ4v) is 7.34. The van der Waals surface area contributed by atoms with Crippen LogP contribution in [0, 0.1) is 0 Å². The van der Waals surface area contributed by atoms with E-state index >= 15 is 0 Å². The Bertz CT molecular complexity index is 1160. The molecule has 18 N–H and O–H groups in total. The van der Waals surface area contributed by atoms with Gasteiger partial charge in [0.05, 0.1) is 49.3 Å². The van der Waals surface area contributed by atoms with Gasteiger partial charge in [-0.05, 0) is 6.42 Å². The van der Waals surface area contributed by atoms with E-state index in [4.69, 9.17) is 62.2 Å². The number of rotatable bonds is 16. The molecule has 3 fully saturated rings. The molecule has 17 atom stereocenters. The van der Waals surface area contributed by atoms with Gasteiger partial charge in [0, 0.05) is 32.2 Å². The topological polar surface area (TPSA) is 365 Å². The summed E-state index contributed by atoms with van der Waals surface area (Å²) in [6.45, 7) is -0.511. The second kappa shape index (κ2) is 18.1. The summed E-state index contributed by atoms with van der Waals surface area (Å²) in [6.07, 6.45) is -13.9. The van der Waals surface area contributed by atoms with Crippen LogP contribution in [-0.2, 0) is 38.4 Å². The van der Waals surface area contributed by atoms with Gasteiger partial charge in [0.25, 0.3) is 0 Å². The van der Waals surface area contributed by atoms with Crippen LogP contribution in [0.1, 0.15) is 6.42 Å². The van der Waals surface area contributed by atoms with Crippen LogP contribution >= 0.6 is 0 Å². The van der Waals surface area contributed by atoms with Gasteiger partial charge in [-0.3, -0.25) is 0 Å². The number of sulfonamides is 1. The second-order valence-corrected chi connectivity index (χ2v) is 14.4. The molecule has 0 amide bonds. The average molecular weight is 732 g/mol. The van der Waals surface area contributed by atoms with Crippen molar-refractivity contribution in [1.82, 2.24) is 10.0 Å². The van der Waals surface area contributed by atoms with Crippen LogP contribution in [0.25, 0.3) is 0 Å². The van der Waals surface area contributed by atoms with Gasteiger partial charge in [-0.2, -0.15) is 0 Å². The van der Waals surface area contributed by atoms with Gasteiger partial charge < -0.3 is 93.0 Å². The average Bonchev–Trinajstić information content (AvgIpc) is 3.35. The van der Waals surface area contributed by atoms with Crippen LogP contribution in [0.2, 0.25) is 0 Å². The molecular weight excluding hydrogens is 678 g/mol. The van der Waals surface area contributed by atoms with Gasteiger partial charge in [0.15, 0.2) is 18.9 Å². The first kappa shape index (κ1) is 40.7. The van der Waals surface area contributed by atoms with E-state index in [1.54, 1.807) is 12.2 Å². The Balaban J connectivity index is 1.55. The lowest BCUT2D eigenvalue weighted by Crippen LogP contribution is -2.66. The molecule has 1 saturated carbocycles. The van der Waals surface area contributed by atoms with E-state index in [1.165, 1.54) is 0 Å². The molecule has 0 aromatic heterocycles. The van der Waals surface area contributed by atoms with E-state index in [0.717, 1.165) is 0 Å². The Morgan fingerprint density at radius 1 is 0.796 bits per heavy atom. The molecule has 0 bridgehead atoms. The molecule has 4 rings (SSSR count). The van der Waals surface area contributed by atoms with Gasteiger partial charge in [0.1, 0.15) is 48.8 Å². The molecule has 3 heterocycles. The van der Waals surface area contributed by atoms with Gasteiger partial charge in [0.2, 0.25) is 10.0 Å². The number of nitrogens with two attached hydrogens (primary N) is 5. The van der Waals surface area contributed by atoms with Crippen molar-refractivity contribution in [1.29, 1.82) is 0 Å². The molecule has 0 spiro atoms. The zero-order valence-electron chi connectivity index (χ0n) is 26.9. The zero-order chi connectivity index (χ0) is 36.0. The van der Waals surface area contributed by atoms with Crippen LogP contribution in [0.4, 0.5) is 0 Å². The third-order valence-electron chi connectivity index (χ3n) is 8.87. The smallest absolute Gasteiger partial charge is 0.213 e. The lowest BCUT2D eigenvalue weighted by Gasteiger charge is -2.46. The van der Waals surface area contributed by atoms with Crippen LogP contribution in [-0.4, -0.2) is 188 Å². The Morgan fingerprint density at radius 3 is 2.12 bits per heavy atom. The van der Waals surface area contributed by atoms with Gasteiger partial charge in [-0.15, -0.1) is 0 Å². The Hall–Kier alpha value is -1.07. The molecular formula is C27H53N7O14S. The maximum absolute atomic E-state index is 12.6. The van der Waals surface area contributed by atoms with Crippen LogP contribution < -0.4 is 38.7 Å². The first-order valence-corrected chi connectivity index (χ1v) is 17.8. The highest BCUT2D eigenvalue weighted by molar-refractivity contribution is 7.89. The predicted molar refractivity (Wildman–Crippen MR) is 168 cm³/mol. The minimum absolute atomic E-state index is 0.0855.